The minimum Gasteiger partial charge on any atom is -0.310 e. The standard InChI is InChI=1S/C51H45N/c1-5-51(6-2)49-34-39(23-22-38-24-27-41(28-25-38)46-33-32-45(36(3)37(46)4)40-16-10-7-11-17-40)26-30-47(49)48-31-29-44(35-50(48)51)52(42-18-12-8-13-19-42)43-20-14-9-15-21-43/h7-35H,5-6H2,1-4H3/b23-22+. The molecule has 7 aromatic carbocycles. The zero-order chi connectivity index (χ0) is 35.7. The number of hydrogen-bond donors (Lipinski definition) is 0. The van der Waals surface area contributed by atoms with Crippen LogP contribution in [0.2, 0.25) is 0 Å². The quantitative estimate of drug-likeness (QED) is 0.138. The van der Waals surface area contributed by atoms with Crippen LogP contribution < -0.4 is 4.90 Å². The molecule has 0 N–H and O–H groups in total. The van der Waals surface area contributed by atoms with Crippen molar-refractivity contribution < 1.29 is 0 Å². The molecule has 1 heteroatoms. The highest BCUT2D eigenvalue weighted by atomic mass is 15.1. The first-order valence-electron chi connectivity index (χ1n) is 18.6. The molecular formula is C51H45N. The first-order valence-corrected chi connectivity index (χ1v) is 18.6. The fourth-order valence-electron chi connectivity index (χ4n) is 8.39. The van der Waals surface area contributed by atoms with Crippen molar-refractivity contribution in [1.82, 2.24) is 0 Å². The predicted octanol–water partition coefficient (Wildman–Crippen LogP) is 14.4. The molecule has 0 aromatic heterocycles. The van der Waals surface area contributed by atoms with Gasteiger partial charge in [-0.2, -0.15) is 0 Å². The average Bonchev–Trinajstić information content (AvgIpc) is 3.48. The molecule has 1 aliphatic rings. The molecule has 0 aliphatic heterocycles. The van der Waals surface area contributed by atoms with Gasteiger partial charge in [0.05, 0.1) is 0 Å². The number of rotatable bonds is 9. The normalized spacial score (nSPS) is 12.8. The van der Waals surface area contributed by atoms with Gasteiger partial charge in [-0.15, -0.1) is 0 Å². The molecule has 0 radical (unpaired) electrons. The number of fused-ring (bicyclic) bond motifs is 3. The molecule has 0 saturated carbocycles. The summed E-state index contributed by atoms with van der Waals surface area (Å²) in [4.78, 5) is 2.38. The van der Waals surface area contributed by atoms with Gasteiger partial charge in [0.1, 0.15) is 0 Å². The molecule has 1 aliphatic carbocycles. The van der Waals surface area contributed by atoms with Crippen molar-refractivity contribution in [2.75, 3.05) is 4.90 Å². The van der Waals surface area contributed by atoms with Gasteiger partial charge in [0.2, 0.25) is 0 Å². The van der Waals surface area contributed by atoms with E-state index in [1.54, 1.807) is 0 Å². The minimum absolute atomic E-state index is 0.0444. The first-order chi connectivity index (χ1) is 25.5. The second-order valence-corrected chi connectivity index (χ2v) is 14.1. The number of nitrogens with zero attached hydrogens (tertiary/aromatic N) is 1. The highest BCUT2D eigenvalue weighted by Crippen LogP contribution is 2.54. The Kier molecular flexibility index (Phi) is 8.95. The Morgan fingerprint density at radius 3 is 1.42 bits per heavy atom. The summed E-state index contributed by atoms with van der Waals surface area (Å²) in [6.07, 6.45) is 6.61. The average molecular weight is 672 g/mol. The van der Waals surface area contributed by atoms with E-state index < -0.39 is 0 Å². The van der Waals surface area contributed by atoms with Crippen LogP contribution in [0.3, 0.4) is 0 Å². The summed E-state index contributed by atoms with van der Waals surface area (Å²) in [6.45, 7) is 9.18. The molecule has 0 unspecified atom stereocenters. The summed E-state index contributed by atoms with van der Waals surface area (Å²) in [5.74, 6) is 0. The number of para-hydroxylation sites is 2. The summed E-state index contributed by atoms with van der Waals surface area (Å²) >= 11 is 0. The summed E-state index contributed by atoms with van der Waals surface area (Å²) < 4.78 is 0. The lowest BCUT2D eigenvalue weighted by Crippen LogP contribution is -2.23. The van der Waals surface area contributed by atoms with Crippen molar-refractivity contribution in [1.29, 1.82) is 0 Å². The van der Waals surface area contributed by atoms with Crippen LogP contribution in [0.15, 0.2) is 164 Å². The first kappa shape index (κ1) is 33.2. The molecule has 0 fully saturated rings. The van der Waals surface area contributed by atoms with Crippen molar-refractivity contribution >= 4 is 29.2 Å². The monoisotopic (exact) mass is 671 g/mol. The second-order valence-electron chi connectivity index (χ2n) is 14.1. The lowest BCUT2D eigenvalue weighted by atomic mass is 9.73. The number of hydrogen-bond acceptors (Lipinski definition) is 1. The van der Waals surface area contributed by atoms with E-state index in [1.165, 1.54) is 72.4 Å². The SMILES string of the molecule is CCC1(CC)c2cc(/C=C/c3ccc(-c4ccc(-c5ccccc5)c(C)c4C)cc3)ccc2-c2ccc(N(c3ccccc3)c3ccccc3)cc21. The lowest BCUT2D eigenvalue weighted by molar-refractivity contribution is 0.490. The van der Waals surface area contributed by atoms with Crippen LogP contribution in [0.4, 0.5) is 17.1 Å². The number of anilines is 3. The molecule has 254 valence electrons. The summed E-state index contributed by atoms with van der Waals surface area (Å²) in [6, 6.07) is 59.8. The van der Waals surface area contributed by atoms with Crippen LogP contribution in [0.1, 0.15) is 60.1 Å². The second kappa shape index (κ2) is 14.0. The van der Waals surface area contributed by atoms with Gasteiger partial charge in [0.25, 0.3) is 0 Å². The molecule has 0 saturated heterocycles. The van der Waals surface area contributed by atoms with Crippen molar-refractivity contribution in [3.05, 3.63) is 197 Å². The van der Waals surface area contributed by atoms with Crippen molar-refractivity contribution in [2.45, 2.75) is 46.0 Å². The van der Waals surface area contributed by atoms with Crippen molar-refractivity contribution in [3.8, 4) is 33.4 Å². The van der Waals surface area contributed by atoms with Gasteiger partial charge in [0.15, 0.2) is 0 Å². The van der Waals surface area contributed by atoms with E-state index in [9.17, 15) is 0 Å². The summed E-state index contributed by atoms with van der Waals surface area (Å²) in [5, 5.41) is 0. The summed E-state index contributed by atoms with van der Waals surface area (Å²) in [7, 11) is 0. The molecular weight excluding hydrogens is 627 g/mol. The van der Waals surface area contributed by atoms with E-state index in [0.29, 0.717) is 0 Å². The smallest absolute Gasteiger partial charge is 0.0465 e. The zero-order valence-electron chi connectivity index (χ0n) is 30.6. The number of benzene rings is 7. The van der Waals surface area contributed by atoms with Gasteiger partial charge in [-0.3, -0.25) is 0 Å². The van der Waals surface area contributed by atoms with E-state index in [0.717, 1.165) is 24.2 Å². The van der Waals surface area contributed by atoms with Crippen LogP contribution in [0, 0.1) is 13.8 Å². The van der Waals surface area contributed by atoms with Crippen LogP contribution in [-0.4, -0.2) is 0 Å². The highest BCUT2D eigenvalue weighted by Gasteiger charge is 2.41. The molecule has 0 heterocycles. The Morgan fingerprint density at radius 1 is 0.423 bits per heavy atom. The van der Waals surface area contributed by atoms with Gasteiger partial charge in [-0.1, -0.05) is 153 Å². The Bertz CT molecular complexity index is 2320. The minimum atomic E-state index is -0.0444. The van der Waals surface area contributed by atoms with Crippen LogP contribution in [-0.2, 0) is 5.41 Å². The molecule has 52 heavy (non-hydrogen) atoms. The third kappa shape index (κ3) is 5.87. The maximum absolute atomic E-state index is 2.46. The molecule has 0 atom stereocenters. The van der Waals surface area contributed by atoms with E-state index in [-0.39, 0.29) is 5.41 Å². The Hall–Kier alpha value is -5.92. The molecule has 0 spiro atoms. The van der Waals surface area contributed by atoms with Gasteiger partial charge in [-0.05, 0) is 130 Å². The van der Waals surface area contributed by atoms with Gasteiger partial charge < -0.3 is 4.90 Å². The Balaban J connectivity index is 1.08. The van der Waals surface area contributed by atoms with E-state index in [1.807, 2.05) is 0 Å². The molecule has 1 nitrogen and oxygen atoms in total. The maximum atomic E-state index is 2.46. The highest BCUT2D eigenvalue weighted by molar-refractivity contribution is 5.87. The van der Waals surface area contributed by atoms with E-state index in [2.05, 4.69) is 209 Å². The van der Waals surface area contributed by atoms with Crippen LogP contribution >= 0.6 is 0 Å². The van der Waals surface area contributed by atoms with Gasteiger partial charge in [0, 0.05) is 22.5 Å². The third-order valence-electron chi connectivity index (χ3n) is 11.4. The molecule has 0 bridgehead atoms. The fourth-order valence-corrected chi connectivity index (χ4v) is 8.39. The van der Waals surface area contributed by atoms with Crippen LogP contribution in [0.5, 0.6) is 0 Å². The van der Waals surface area contributed by atoms with Gasteiger partial charge in [-0.25, -0.2) is 0 Å². The van der Waals surface area contributed by atoms with Crippen molar-refractivity contribution in [3.63, 3.8) is 0 Å². The molecule has 7 aromatic rings. The Labute approximate surface area is 309 Å². The summed E-state index contributed by atoms with van der Waals surface area (Å²) in [5.41, 5.74) is 19.3. The van der Waals surface area contributed by atoms with E-state index >= 15 is 0 Å². The largest absolute Gasteiger partial charge is 0.310 e. The molecule has 8 rings (SSSR count). The zero-order valence-corrected chi connectivity index (χ0v) is 30.6. The van der Waals surface area contributed by atoms with Crippen LogP contribution in [0.25, 0.3) is 45.5 Å². The Morgan fingerprint density at radius 2 is 0.865 bits per heavy atom. The van der Waals surface area contributed by atoms with Crippen molar-refractivity contribution in [2.24, 2.45) is 0 Å². The topological polar surface area (TPSA) is 3.24 Å². The van der Waals surface area contributed by atoms with E-state index in [4.69, 9.17) is 0 Å². The van der Waals surface area contributed by atoms with Gasteiger partial charge >= 0.3 is 0 Å². The molecule has 0 amide bonds. The maximum Gasteiger partial charge on any atom is 0.0465 e. The fraction of sp³-hybridized carbons (Fsp3) is 0.137. The lowest BCUT2D eigenvalue weighted by Gasteiger charge is -2.32. The third-order valence-corrected chi connectivity index (χ3v) is 11.4. The predicted molar refractivity (Wildman–Crippen MR) is 224 cm³/mol.